The molecule has 13 nitrogen and oxygen atoms in total. The Hall–Kier alpha value is -3.99. The molecule has 3 aromatic rings. The molecule has 4 aliphatic rings. The van der Waals surface area contributed by atoms with E-state index in [9.17, 15) is 14.7 Å². The predicted octanol–water partition coefficient (Wildman–Crippen LogP) is 6.13. The standard InChI is InChI=1S/C41H57F3N8O5/c1-28(31-8-7-9-33(36(31)42)41(43,44)29-11-18-51(19-12-29)40(54)55)47-37-32-26-34(50-22-20-49(21-23-50)30-13-16-48(2)17-14-30)39(53)52(38(32)46-27-45-37)15-6-4-3-5-10-35-56-24-25-57-35/h7-9,26-30,35H,3-6,10-25H2,1-2H3,(H,54,55)(H,45,46,47). The van der Waals surface area contributed by atoms with Gasteiger partial charge in [-0.25, -0.2) is 27.9 Å². The summed E-state index contributed by atoms with van der Waals surface area (Å²) in [5.74, 6) is -5.32. The topological polar surface area (TPSA) is 129 Å². The van der Waals surface area contributed by atoms with Gasteiger partial charge in [0.15, 0.2) is 6.29 Å². The van der Waals surface area contributed by atoms with E-state index >= 15 is 13.2 Å². The number of nitrogens with one attached hydrogen (secondary N) is 1. The fourth-order valence-corrected chi connectivity index (χ4v) is 8.99. The van der Waals surface area contributed by atoms with Gasteiger partial charge in [0.25, 0.3) is 11.5 Å². The van der Waals surface area contributed by atoms with Gasteiger partial charge < -0.3 is 34.6 Å². The molecule has 2 N–H and O–H groups in total. The van der Waals surface area contributed by atoms with E-state index in [1.165, 1.54) is 18.5 Å². The first-order valence-corrected chi connectivity index (χ1v) is 20.7. The molecule has 0 aliphatic carbocycles. The highest BCUT2D eigenvalue weighted by Crippen LogP contribution is 2.44. The second-order valence-corrected chi connectivity index (χ2v) is 16.1. The Labute approximate surface area is 332 Å². The highest BCUT2D eigenvalue weighted by Gasteiger charge is 2.45. The summed E-state index contributed by atoms with van der Waals surface area (Å²) in [5, 5.41) is 13.2. The van der Waals surface area contributed by atoms with Gasteiger partial charge in [-0.15, -0.1) is 0 Å². The van der Waals surface area contributed by atoms with Gasteiger partial charge in [-0.3, -0.25) is 14.3 Å². The van der Waals surface area contributed by atoms with Crippen molar-refractivity contribution in [2.75, 3.05) is 82.8 Å². The SMILES string of the molecule is CC(Nc1ncnc2c1cc(N1CCN(C3CCN(C)CC3)CC1)c(=O)n2CCCCCCC1OCCO1)c1cccc(C(F)(F)C2CCN(C(=O)O)CC2)c1F. The summed E-state index contributed by atoms with van der Waals surface area (Å²) in [6, 6.07) is 5.63. The van der Waals surface area contributed by atoms with Gasteiger partial charge in [-0.05, 0) is 78.1 Å². The molecule has 312 valence electrons. The van der Waals surface area contributed by atoms with Crippen LogP contribution in [0.15, 0.2) is 35.4 Å². The number of benzene rings is 1. The van der Waals surface area contributed by atoms with E-state index in [2.05, 4.69) is 37.0 Å². The van der Waals surface area contributed by atoms with Gasteiger partial charge >= 0.3 is 6.09 Å². The Morgan fingerprint density at radius 3 is 2.37 bits per heavy atom. The van der Waals surface area contributed by atoms with E-state index in [0.717, 1.165) is 82.1 Å². The number of hydrogen-bond donors (Lipinski definition) is 2. The minimum atomic E-state index is -3.49. The molecule has 4 aliphatic heterocycles. The molecular formula is C41H57F3N8O5. The Kier molecular flexibility index (Phi) is 13.2. The number of aromatic nitrogens is 3. The Morgan fingerprint density at radius 2 is 1.67 bits per heavy atom. The third-order valence-electron chi connectivity index (χ3n) is 12.5. The van der Waals surface area contributed by atoms with Crippen LogP contribution in [0, 0.1) is 11.7 Å². The van der Waals surface area contributed by atoms with Crippen molar-refractivity contribution in [3.05, 3.63) is 57.9 Å². The normalized spacial score (nSPS) is 20.4. The smallest absolute Gasteiger partial charge is 0.407 e. The van der Waals surface area contributed by atoms with Crippen LogP contribution in [0.4, 0.5) is 29.5 Å². The van der Waals surface area contributed by atoms with E-state index in [-0.39, 0.29) is 43.3 Å². The van der Waals surface area contributed by atoms with Crippen LogP contribution in [0.25, 0.3) is 11.0 Å². The number of anilines is 2. The third-order valence-corrected chi connectivity index (χ3v) is 12.5. The second-order valence-electron chi connectivity index (χ2n) is 16.1. The third kappa shape index (κ3) is 9.34. The van der Waals surface area contributed by atoms with Gasteiger partial charge in [-0.2, -0.15) is 0 Å². The van der Waals surface area contributed by atoms with Crippen molar-refractivity contribution < 1.29 is 32.5 Å². The average Bonchev–Trinajstić information content (AvgIpc) is 3.74. The molecule has 4 fully saturated rings. The number of carboxylic acid groups (broad SMARTS) is 1. The van der Waals surface area contributed by atoms with Crippen molar-refractivity contribution in [1.82, 2.24) is 29.2 Å². The van der Waals surface area contributed by atoms with E-state index in [1.54, 1.807) is 11.5 Å². The number of carbonyl (C=O) groups is 1. The molecule has 4 saturated heterocycles. The van der Waals surface area contributed by atoms with Crippen molar-refractivity contribution in [3.63, 3.8) is 0 Å². The summed E-state index contributed by atoms with van der Waals surface area (Å²) in [7, 11) is 2.16. The highest BCUT2D eigenvalue weighted by molar-refractivity contribution is 5.89. The largest absolute Gasteiger partial charge is 0.465 e. The molecule has 57 heavy (non-hydrogen) atoms. The van der Waals surface area contributed by atoms with Gasteiger partial charge in [0, 0.05) is 63.3 Å². The minimum absolute atomic E-state index is 0.0258. The van der Waals surface area contributed by atoms with Crippen molar-refractivity contribution in [2.45, 2.75) is 95.6 Å². The van der Waals surface area contributed by atoms with Gasteiger partial charge in [0.1, 0.15) is 29.3 Å². The summed E-state index contributed by atoms with van der Waals surface area (Å²) in [4.78, 5) is 43.0. The molecule has 1 amide bonds. The number of pyridine rings is 1. The van der Waals surface area contributed by atoms with Crippen LogP contribution >= 0.6 is 0 Å². The van der Waals surface area contributed by atoms with Gasteiger partial charge in [0.2, 0.25) is 0 Å². The summed E-state index contributed by atoms with van der Waals surface area (Å²) >= 11 is 0. The van der Waals surface area contributed by atoms with Gasteiger partial charge in [-0.1, -0.05) is 31.0 Å². The lowest BCUT2D eigenvalue weighted by atomic mass is 9.85. The maximum Gasteiger partial charge on any atom is 0.407 e. The molecule has 7 rings (SSSR count). The average molecular weight is 799 g/mol. The Bertz CT molecular complexity index is 1890. The molecule has 1 unspecified atom stereocenters. The number of hydrogen-bond acceptors (Lipinski definition) is 10. The molecular weight excluding hydrogens is 741 g/mol. The second kappa shape index (κ2) is 18.3. The number of rotatable bonds is 14. The molecule has 0 bridgehead atoms. The number of piperidine rings is 2. The maximum absolute atomic E-state index is 16.2. The number of halogens is 3. The van der Waals surface area contributed by atoms with E-state index in [1.807, 2.05) is 6.07 Å². The van der Waals surface area contributed by atoms with Crippen molar-refractivity contribution in [3.8, 4) is 0 Å². The molecule has 0 radical (unpaired) electrons. The lowest BCUT2D eigenvalue weighted by Crippen LogP contribution is -2.53. The minimum Gasteiger partial charge on any atom is -0.465 e. The van der Waals surface area contributed by atoms with Crippen LogP contribution in [-0.4, -0.2) is 125 Å². The van der Waals surface area contributed by atoms with Crippen LogP contribution < -0.4 is 15.8 Å². The number of amides is 1. The monoisotopic (exact) mass is 798 g/mol. The molecule has 0 spiro atoms. The first-order chi connectivity index (χ1) is 27.5. The first-order valence-electron chi connectivity index (χ1n) is 20.7. The fourth-order valence-electron chi connectivity index (χ4n) is 8.99. The number of piperazine rings is 1. The lowest BCUT2D eigenvalue weighted by molar-refractivity contribution is -0.0861. The molecule has 16 heteroatoms. The molecule has 1 aromatic carbocycles. The first kappa shape index (κ1) is 41.2. The quantitative estimate of drug-likeness (QED) is 0.183. The zero-order valence-corrected chi connectivity index (χ0v) is 33.2. The Morgan fingerprint density at radius 1 is 0.965 bits per heavy atom. The summed E-state index contributed by atoms with van der Waals surface area (Å²) in [6.45, 7) is 8.65. The number of unbranched alkanes of at least 4 members (excludes halogenated alkanes) is 3. The molecule has 1 atom stereocenters. The van der Waals surface area contributed by atoms with Crippen LogP contribution in [0.2, 0.25) is 0 Å². The zero-order valence-electron chi connectivity index (χ0n) is 33.2. The van der Waals surface area contributed by atoms with Crippen LogP contribution in [0.1, 0.15) is 81.9 Å². The highest BCUT2D eigenvalue weighted by atomic mass is 19.3. The van der Waals surface area contributed by atoms with Crippen molar-refractivity contribution in [1.29, 1.82) is 0 Å². The molecule has 2 aromatic heterocycles. The Balaban J connectivity index is 1.12. The van der Waals surface area contributed by atoms with E-state index < -0.39 is 35.4 Å². The fraction of sp³-hybridized carbons (Fsp3) is 0.659. The van der Waals surface area contributed by atoms with Crippen LogP contribution in [-0.2, 0) is 21.9 Å². The summed E-state index contributed by atoms with van der Waals surface area (Å²) in [5.41, 5.74) is 0.256. The number of ether oxygens (including phenoxy) is 2. The predicted molar refractivity (Wildman–Crippen MR) is 212 cm³/mol. The van der Waals surface area contributed by atoms with Crippen LogP contribution in [0.3, 0.4) is 0 Å². The van der Waals surface area contributed by atoms with E-state index in [4.69, 9.17) is 9.47 Å². The number of nitrogens with zero attached hydrogens (tertiary/aromatic N) is 7. The number of fused-ring (bicyclic) bond motifs is 1. The van der Waals surface area contributed by atoms with Crippen molar-refractivity contribution in [2.24, 2.45) is 5.92 Å². The summed E-state index contributed by atoms with van der Waals surface area (Å²) < 4.78 is 60.9. The van der Waals surface area contributed by atoms with Crippen LogP contribution in [0.5, 0.6) is 0 Å². The van der Waals surface area contributed by atoms with E-state index in [0.29, 0.717) is 61.4 Å². The summed E-state index contributed by atoms with van der Waals surface area (Å²) in [6.07, 6.45) is 6.69. The maximum atomic E-state index is 16.2. The number of alkyl halides is 2. The number of likely N-dealkylation sites (tertiary alicyclic amines) is 2. The lowest BCUT2D eigenvalue weighted by Gasteiger charge is -2.42. The molecule has 6 heterocycles. The molecule has 0 saturated carbocycles. The van der Waals surface area contributed by atoms with Crippen molar-refractivity contribution >= 4 is 28.6 Å². The van der Waals surface area contributed by atoms with Gasteiger partial charge in [0.05, 0.1) is 30.2 Å². The zero-order chi connectivity index (χ0) is 40.1. The number of aryl methyl sites for hydroxylation is 1.